The fraction of sp³-hybridized carbons (Fsp3) is 0.700. The molecule has 0 radical (unpaired) electrons. The monoisotopic (exact) mass is 324 g/mol. The summed E-state index contributed by atoms with van der Waals surface area (Å²) in [5.41, 5.74) is 7.25. The Morgan fingerprint density at radius 3 is 3.04 bits per heavy atom. The van der Waals surface area contributed by atoms with Gasteiger partial charge in [0.1, 0.15) is 11.4 Å². The zero-order valence-corrected chi connectivity index (χ0v) is 14.1. The molecule has 3 heterocycles. The van der Waals surface area contributed by atoms with E-state index in [0.717, 1.165) is 19.3 Å². The lowest BCUT2D eigenvalue weighted by Crippen LogP contribution is -2.97. The third kappa shape index (κ3) is 1.07. The maximum Gasteiger partial charge on any atom is 0.142 e. The normalized spacial score (nSPS) is 56.8. The highest BCUT2D eigenvalue weighted by Gasteiger charge is 2.95. The second-order valence-electron chi connectivity index (χ2n) is 9.14. The van der Waals surface area contributed by atoms with Gasteiger partial charge in [0.25, 0.3) is 0 Å². The highest BCUT2D eigenvalue weighted by Crippen LogP contribution is 2.86. The predicted octanol–water partition coefficient (Wildman–Crippen LogP) is 2.57. The van der Waals surface area contributed by atoms with E-state index in [9.17, 15) is 4.79 Å². The van der Waals surface area contributed by atoms with Gasteiger partial charge >= 0.3 is 0 Å². The predicted molar refractivity (Wildman–Crippen MR) is 88.2 cm³/mol. The van der Waals surface area contributed by atoms with Gasteiger partial charge in [-0.3, -0.25) is 9.78 Å². The van der Waals surface area contributed by atoms with Crippen LogP contribution in [0.5, 0.6) is 0 Å². The van der Waals surface area contributed by atoms with Crippen molar-refractivity contribution in [3.8, 4) is 0 Å². The topological polar surface area (TPSA) is 65.2 Å². The Morgan fingerprint density at radius 2 is 2.25 bits per heavy atom. The van der Waals surface area contributed by atoms with Crippen molar-refractivity contribution >= 4 is 5.78 Å². The molecule has 2 bridgehead atoms. The molecule has 2 N–H and O–H groups in total. The van der Waals surface area contributed by atoms with Gasteiger partial charge in [-0.2, -0.15) is 0 Å². The Hall–Kier alpha value is -1.26. The van der Waals surface area contributed by atoms with Crippen LogP contribution < -0.4 is 5.73 Å². The van der Waals surface area contributed by atoms with E-state index in [0.29, 0.717) is 18.1 Å². The smallest absolute Gasteiger partial charge is 0.142 e. The average molecular weight is 324 g/mol. The maximum atomic E-state index is 13.1. The number of nitrogens with zero attached hydrogens (tertiary/aromatic N) is 1. The summed E-state index contributed by atoms with van der Waals surface area (Å²) in [5, 5.41) is 0. The lowest BCUT2D eigenvalue weighted by molar-refractivity contribution is -0.459. The van der Waals surface area contributed by atoms with E-state index in [4.69, 9.17) is 10.5 Å². The lowest BCUT2D eigenvalue weighted by atomic mass is 9.29. The largest absolute Gasteiger partial charge is 0.364 e. The van der Waals surface area contributed by atoms with Crippen LogP contribution in [0.4, 0.5) is 0 Å². The van der Waals surface area contributed by atoms with Crippen molar-refractivity contribution in [2.75, 3.05) is 0 Å². The second kappa shape index (κ2) is 3.78. The summed E-state index contributed by atoms with van der Waals surface area (Å²) in [5.74, 6) is 1.03. The first-order valence-corrected chi connectivity index (χ1v) is 9.41. The van der Waals surface area contributed by atoms with E-state index < -0.39 is 5.60 Å². The van der Waals surface area contributed by atoms with Crippen molar-refractivity contribution in [2.24, 2.45) is 23.0 Å². The van der Waals surface area contributed by atoms with Crippen molar-refractivity contribution < 1.29 is 9.53 Å². The van der Waals surface area contributed by atoms with Crippen molar-refractivity contribution in [3.05, 3.63) is 30.1 Å². The number of rotatable bonds is 1. The Labute approximate surface area is 142 Å². The van der Waals surface area contributed by atoms with Crippen LogP contribution in [0.2, 0.25) is 0 Å². The molecule has 7 atom stereocenters. The fourth-order valence-corrected chi connectivity index (χ4v) is 8.08. The summed E-state index contributed by atoms with van der Waals surface area (Å²) in [4.78, 5) is 17.4. The van der Waals surface area contributed by atoms with Gasteiger partial charge in [0.2, 0.25) is 0 Å². The lowest BCUT2D eigenvalue weighted by Gasteiger charge is -2.85. The number of hydrogen-bond donors (Lipinski definition) is 1. The third-order valence-corrected chi connectivity index (χ3v) is 8.58. The van der Waals surface area contributed by atoms with Crippen molar-refractivity contribution in [3.63, 3.8) is 0 Å². The number of Topliss-reactive ketones (excluding diaryl/α,β-unsaturated/α-hetero) is 1. The molecule has 0 aromatic carbocycles. The SMILES string of the molecule is CC12OC34C1C(=O)CC31CCCCC1C4(N)CC2c1cccnc1. The number of aromatic nitrogens is 1. The number of fused-ring (bicyclic) bond motifs is 1. The van der Waals surface area contributed by atoms with Gasteiger partial charge in [0.15, 0.2) is 0 Å². The molecule has 6 fully saturated rings. The van der Waals surface area contributed by atoms with E-state index in [2.05, 4.69) is 18.0 Å². The van der Waals surface area contributed by atoms with Crippen molar-refractivity contribution in [1.29, 1.82) is 0 Å². The molecular weight excluding hydrogens is 300 g/mol. The van der Waals surface area contributed by atoms with Gasteiger partial charge in [-0.25, -0.2) is 0 Å². The molecule has 0 amide bonds. The van der Waals surface area contributed by atoms with Crippen LogP contribution in [0.1, 0.15) is 56.9 Å². The first kappa shape index (κ1) is 14.0. The summed E-state index contributed by atoms with van der Waals surface area (Å²) < 4.78 is 6.76. The van der Waals surface area contributed by atoms with Gasteiger partial charge in [-0.1, -0.05) is 18.9 Å². The van der Waals surface area contributed by atoms with Gasteiger partial charge in [0.05, 0.1) is 17.1 Å². The highest BCUT2D eigenvalue weighted by molar-refractivity contribution is 5.92. The quantitative estimate of drug-likeness (QED) is 0.862. The zero-order valence-electron chi connectivity index (χ0n) is 14.1. The second-order valence-corrected chi connectivity index (χ2v) is 9.14. The number of ketones is 1. The minimum Gasteiger partial charge on any atom is -0.364 e. The first-order chi connectivity index (χ1) is 11.5. The molecule has 7 unspecified atom stereocenters. The fourth-order valence-electron chi connectivity index (χ4n) is 8.08. The van der Waals surface area contributed by atoms with Crippen LogP contribution in [0.15, 0.2) is 24.5 Å². The molecule has 2 aliphatic heterocycles. The van der Waals surface area contributed by atoms with Crippen molar-refractivity contribution in [1.82, 2.24) is 4.98 Å². The molecule has 2 saturated heterocycles. The van der Waals surface area contributed by atoms with Gasteiger partial charge in [-0.15, -0.1) is 0 Å². The number of ether oxygens (including phenoxy) is 1. The standard InChI is InChI=1S/C20H24N2O2/c1-17-13(12-5-4-8-22-11-12)9-19(21)15-6-2-3-7-18(15)10-14(23)16(17)20(18,19)24-17/h4-5,8,11,13,15-16H,2-3,6-7,9-10,21H2,1H3. The molecule has 1 aromatic rings. The van der Waals surface area contributed by atoms with Crippen LogP contribution in [0.25, 0.3) is 0 Å². The number of carbonyl (C=O) groups is 1. The maximum absolute atomic E-state index is 13.1. The van der Waals surface area contributed by atoms with Crippen LogP contribution in [0, 0.1) is 17.3 Å². The van der Waals surface area contributed by atoms with Crippen molar-refractivity contribution in [2.45, 2.75) is 68.1 Å². The van der Waals surface area contributed by atoms with E-state index in [1.807, 2.05) is 12.3 Å². The molecule has 4 saturated carbocycles. The Balaban J connectivity index is 1.54. The molecule has 4 aliphatic carbocycles. The summed E-state index contributed by atoms with van der Waals surface area (Å²) in [6.07, 6.45) is 10.1. The number of carbonyl (C=O) groups excluding carboxylic acids is 1. The van der Waals surface area contributed by atoms with Gasteiger partial charge in [-0.05, 0) is 43.7 Å². The minimum absolute atomic E-state index is 0.0108. The van der Waals surface area contributed by atoms with Gasteiger partial charge < -0.3 is 10.5 Å². The molecular formula is C20H24N2O2. The van der Waals surface area contributed by atoms with E-state index in [1.54, 1.807) is 6.20 Å². The number of hydrogen-bond acceptors (Lipinski definition) is 4. The summed E-state index contributed by atoms with van der Waals surface area (Å²) in [6, 6.07) is 4.09. The Bertz CT molecular complexity index is 766. The third-order valence-electron chi connectivity index (χ3n) is 8.58. The first-order valence-electron chi connectivity index (χ1n) is 9.41. The molecule has 24 heavy (non-hydrogen) atoms. The number of nitrogens with two attached hydrogens (primary N) is 1. The summed E-state index contributed by atoms with van der Waals surface area (Å²) in [6.45, 7) is 2.15. The van der Waals surface area contributed by atoms with Gasteiger partial charge in [0, 0.05) is 30.1 Å². The summed E-state index contributed by atoms with van der Waals surface area (Å²) >= 11 is 0. The molecule has 2 spiro atoms. The van der Waals surface area contributed by atoms with Crippen LogP contribution in [-0.4, -0.2) is 27.5 Å². The van der Waals surface area contributed by atoms with Crippen LogP contribution in [0.3, 0.4) is 0 Å². The van der Waals surface area contributed by atoms with E-state index >= 15 is 0 Å². The molecule has 4 heteroatoms. The summed E-state index contributed by atoms with van der Waals surface area (Å²) in [7, 11) is 0. The minimum atomic E-state index is -0.394. The molecule has 1 aromatic heterocycles. The number of pyridine rings is 1. The van der Waals surface area contributed by atoms with E-state index in [-0.39, 0.29) is 28.4 Å². The Kier molecular flexibility index (Phi) is 2.20. The average Bonchev–Trinajstić information content (AvgIpc) is 2.75. The molecule has 4 nitrogen and oxygen atoms in total. The van der Waals surface area contributed by atoms with Crippen LogP contribution >= 0.6 is 0 Å². The highest BCUT2D eigenvalue weighted by atomic mass is 16.6. The molecule has 7 rings (SSSR count). The van der Waals surface area contributed by atoms with E-state index in [1.165, 1.54) is 18.4 Å². The molecule has 6 aliphatic rings. The Morgan fingerprint density at radius 1 is 1.38 bits per heavy atom. The van der Waals surface area contributed by atoms with Crippen LogP contribution in [-0.2, 0) is 9.53 Å². The zero-order chi connectivity index (χ0) is 16.4. The molecule has 126 valence electrons.